The molecule has 1 aliphatic rings. The van der Waals surface area contributed by atoms with Gasteiger partial charge in [-0.2, -0.15) is 0 Å². The van der Waals surface area contributed by atoms with Gasteiger partial charge in [0.1, 0.15) is 42.4 Å². The molecule has 1 aliphatic carbocycles. The van der Waals surface area contributed by atoms with Crippen molar-refractivity contribution in [3.8, 4) is 5.75 Å². The van der Waals surface area contributed by atoms with Gasteiger partial charge in [0.05, 0.1) is 33.0 Å². The van der Waals surface area contributed by atoms with Gasteiger partial charge in [0.25, 0.3) is 0 Å². The lowest BCUT2D eigenvalue weighted by Crippen LogP contribution is -2.67. The molecule has 0 heterocycles. The number of halogens is 1. The third-order valence-corrected chi connectivity index (χ3v) is 10.9. The molecule has 10 heteroatoms. The van der Waals surface area contributed by atoms with Gasteiger partial charge in [-0.05, 0) is 39.9 Å². The summed E-state index contributed by atoms with van der Waals surface area (Å²) in [4.78, 5) is 0. The fourth-order valence-electron chi connectivity index (χ4n) is 6.80. The molecule has 0 N–H and O–H groups in total. The average Bonchev–Trinajstić information content (AvgIpc) is 3.25. The molecule has 0 radical (unpaired) electrons. The minimum Gasteiger partial charge on any atom is -0.413 e. The van der Waals surface area contributed by atoms with Crippen molar-refractivity contribution in [3.63, 3.8) is 0 Å². The molecule has 1 saturated carbocycles. The first kappa shape index (κ1) is 40.6. The van der Waals surface area contributed by atoms with Crippen LogP contribution in [0.3, 0.4) is 0 Å². The van der Waals surface area contributed by atoms with E-state index < -0.39 is 43.6 Å². The van der Waals surface area contributed by atoms with Crippen LogP contribution in [0.5, 0.6) is 5.75 Å². The lowest BCUT2D eigenvalue weighted by Gasteiger charge is -2.49. The van der Waals surface area contributed by atoms with Crippen LogP contribution in [-0.4, -0.2) is 36.6 Å². The summed E-state index contributed by atoms with van der Waals surface area (Å²) in [6.07, 6.45) is -5.48. The minimum absolute atomic E-state index is 0.176. The highest BCUT2D eigenvalue weighted by atomic mass is 35.7. The number of para-hydroxylation sites is 1. The zero-order valence-electron chi connectivity index (χ0n) is 31.4. The van der Waals surface area contributed by atoms with Gasteiger partial charge in [0.15, 0.2) is 0 Å². The first-order chi connectivity index (χ1) is 28.0. The molecular weight excluding hydrogens is 759 g/mol. The second-order valence-corrected chi connectivity index (χ2v) is 16.2. The van der Waals surface area contributed by atoms with Gasteiger partial charge in [-0.3, -0.25) is 4.52 Å². The molecule has 294 valence electrons. The molecule has 0 aliphatic heterocycles. The van der Waals surface area contributed by atoms with E-state index in [4.69, 9.17) is 44.0 Å². The maximum Gasteiger partial charge on any atom is 0.477 e. The van der Waals surface area contributed by atoms with Crippen LogP contribution in [0.1, 0.15) is 27.8 Å². The molecular formula is C47H46ClO8P. The molecule has 0 spiro atoms. The summed E-state index contributed by atoms with van der Waals surface area (Å²) in [5, 5.41) is 0. The fraction of sp³-hybridized carbons (Fsp3) is 0.234. The monoisotopic (exact) mass is 804 g/mol. The largest absolute Gasteiger partial charge is 0.477 e. The van der Waals surface area contributed by atoms with Crippen LogP contribution in [0.15, 0.2) is 182 Å². The van der Waals surface area contributed by atoms with Gasteiger partial charge in [0.2, 0.25) is 0 Å². The molecule has 6 aromatic rings. The summed E-state index contributed by atoms with van der Waals surface area (Å²) < 4.78 is 61.1. The molecule has 7 rings (SSSR count). The van der Waals surface area contributed by atoms with Gasteiger partial charge in [-0.25, -0.2) is 4.57 Å². The molecule has 0 bridgehead atoms. The van der Waals surface area contributed by atoms with E-state index in [2.05, 4.69) is 0 Å². The number of rotatable bonds is 19. The maximum atomic E-state index is 14.4. The SMILES string of the molecule is O=P(Cl)(Oc1ccccc1)OC1[C@@H](OCc2ccccc2)[C@H](OCc2ccccc2)C(OCc2ccccc2)[C@H](OCc2ccccc2)[C@@H]1OCc1ccccc1. The molecule has 7 atom stereocenters. The van der Waals surface area contributed by atoms with E-state index in [1.54, 1.807) is 24.3 Å². The predicted octanol–water partition coefficient (Wildman–Crippen LogP) is 10.7. The van der Waals surface area contributed by atoms with Gasteiger partial charge in [-0.15, -0.1) is 0 Å². The van der Waals surface area contributed by atoms with E-state index in [1.807, 2.05) is 158 Å². The Labute approximate surface area is 339 Å². The van der Waals surface area contributed by atoms with Crippen molar-refractivity contribution < 1.29 is 37.3 Å². The molecule has 6 aromatic carbocycles. The van der Waals surface area contributed by atoms with E-state index in [-0.39, 0.29) is 38.8 Å². The Kier molecular flexibility index (Phi) is 14.7. The van der Waals surface area contributed by atoms with Crippen LogP contribution in [-0.2, 0) is 65.8 Å². The van der Waals surface area contributed by atoms with Crippen molar-refractivity contribution in [1.82, 2.24) is 0 Å². The Morgan fingerprint density at radius 2 is 0.579 bits per heavy atom. The van der Waals surface area contributed by atoms with Crippen molar-refractivity contribution in [2.75, 3.05) is 0 Å². The second-order valence-electron chi connectivity index (χ2n) is 13.7. The quantitative estimate of drug-likeness (QED) is 0.0749. The highest BCUT2D eigenvalue weighted by Crippen LogP contribution is 2.56. The Hall–Kier alpha value is -4.60. The van der Waals surface area contributed by atoms with E-state index >= 15 is 0 Å². The Bertz CT molecular complexity index is 1980. The van der Waals surface area contributed by atoms with Crippen LogP contribution in [0, 0.1) is 0 Å². The zero-order chi connectivity index (χ0) is 39.1. The summed E-state index contributed by atoms with van der Waals surface area (Å²) in [6.45, 7) is -3.35. The van der Waals surface area contributed by atoms with Crippen molar-refractivity contribution in [1.29, 1.82) is 0 Å². The number of ether oxygens (including phenoxy) is 5. The summed E-state index contributed by atoms with van der Waals surface area (Å²) in [7, 11) is 0. The van der Waals surface area contributed by atoms with E-state index in [0.29, 0.717) is 0 Å². The fourth-order valence-corrected chi connectivity index (χ4v) is 8.26. The Morgan fingerprint density at radius 3 is 0.842 bits per heavy atom. The second kappa shape index (κ2) is 20.7. The van der Waals surface area contributed by atoms with Crippen LogP contribution in [0.25, 0.3) is 0 Å². The number of hydrogen-bond acceptors (Lipinski definition) is 8. The van der Waals surface area contributed by atoms with Crippen molar-refractivity contribution in [2.45, 2.75) is 69.7 Å². The molecule has 0 saturated heterocycles. The standard InChI is InChI=1S/C47H46ClO8P/c48-57(49,55-41-29-17-6-18-30-41)56-47-45(53-34-39-25-13-4-14-26-39)43(51-32-37-21-9-2-10-22-37)42(50-31-36-19-7-1-8-20-36)44(52-33-38-23-11-3-12-24-38)46(47)54-35-40-27-15-5-16-28-40/h1-30,42-47H,31-35H2/t42?,43-,44+,45-,46-,47?,57?/m0/s1. The number of hydrogen-bond donors (Lipinski definition) is 0. The van der Waals surface area contributed by atoms with Crippen molar-refractivity contribution in [2.24, 2.45) is 0 Å². The van der Waals surface area contributed by atoms with E-state index in [9.17, 15) is 4.57 Å². The van der Waals surface area contributed by atoms with Crippen molar-refractivity contribution in [3.05, 3.63) is 210 Å². The first-order valence-electron chi connectivity index (χ1n) is 19.0. The van der Waals surface area contributed by atoms with Crippen molar-refractivity contribution >= 4 is 18.2 Å². The van der Waals surface area contributed by atoms with Gasteiger partial charge < -0.3 is 28.2 Å². The Morgan fingerprint density at radius 1 is 0.351 bits per heavy atom. The summed E-state index contributed by atoms with van der Waals surface area (Å²) in [5.74, 6) is 0.285. The molecule has 57 heavy (non-hydrogen) atoms. The molecule has 8 nitrogen and oxygen atoms in total. The maximum absolute atomic E-state index is 14.4. The first-order valence-corrected chi connectivity index (χ1v) is 21.5. The molecule has 0 aromatic heterocycles. The van der Waals surface area contributed by atoms with Crippen LogP contribution in [0.2, 0.25) is 0 Å². The zero-order valence-corrected chi connectivity index (χ0v) is 33.1. The summed E-state index contributed by atoms with van der Waals surface area (Å²) >= 11 is 6.78. The van der Waals surface area contributed by atoms with Crippen LogP contribution < -0.4 is 4.52 Å². The smallest absolute Gasteiger partial charge is 0.413 e. The molecule has 1 fully saturated rings. The van der Waals surface area contributed by atoms with Gasteiger partial charge in [0, 0.05) is 11.2 Å². The van der Waals surface area contributed by atoms with Crippen LogP contribution in [0.4, 0.5) is 0 Å². The summed E-state index contributed by atoms with van der Waals surface area (Å²) in [5.41, 5.74) is 4.68. The lowest BCUT2D eigenvalue weighted by molar-refractivity contribution is -0.279. The lowest BCUT2D eigenvalue weighted by atomic mass is 9.83. The molecule has 0 amide bonds. The van der Waals surface area contributed by atoms with E-state index in [0.717, 1.165) is 27.8 Å². The molecule has 3 unspecified atom stereocenters. The van der Waals surface area contributed by atoms with Gasteiger partial charge in [-0.1, -0.05) is 170 Å². The van der Waals surface area contributed by atoms with E-state index in [1.165, 1.54) is 0 Å². The summed E-state index contributed by atoms with van der Waals surface area (Å²) in [6, 6.07) is 57.9. The Balaban J connectivity index is 1.33. The minimum atomic E-state index is -4.38. The highest BCUT2D eigenvalue weighted by molar-refractivity contribution is 7.81. The number of benzene rings is 6. The topological polar surface area (TPSA) is 81.7 Å². The highest BCUT2D eigenvalue weighted by Gasteiger charge is 2.57. The normalized spacial score (nSPS) is 21.7. The third kappa shape index (κ3) is 12.0. The predicted molar refractivity (Wildman–Crippen MR) is 220 cm³/mol. The average molecular weight is 805 g/mol. The van der Waals surface area contributed by atoms with Gasteiger partial charge >= 0.3 is 6.95 Å². The third-order valence-electron chi connectivity index (χ3n) is 9.57. The van der Waals surface area contributed by atoms with Crippen LogP contribution >= 0.6 is 18.2 Å².